The predicted octanol–water partition coefficient (Wildman–Crippen LogP) is 5.35. The third-order valence-corrected chi connectivity index (χ3v) is 10.7. The van der Waals surface area contributed by atoms with E-state index < -0.39 is 0 Å². The molecule has 0 spiro atoms. The normalized spacial score (nSPS) is 26.9. The van der Waals surface area contributed by atoms with Gasteiger partial charge in [-0.2, -0.15) is 4.98 Å². The van der Waals surface area contributed by atoms with Gasteiger partial charge in [0.25, 0.3) is 0 Å². The number of benzene rings is 1. The van der Waals surface area contributed by atoms with E-state index in [1.807, 2.05) is 18.3 Å². The maximum atomic E-state index is 13.2. The quantitative estimate of drug-likeness (QED) is 0.155. The van der Waals surface area contributed by atoms with E-state index in [9.17, 15) is 4.79 Å². The third-order valence-electron chi connectivity index (χ3n) is 9.96. The maximum Gasteiger partial charge on any atom is 0.354 e. The smallest absolute Gasteiger partial charge is 0.354 e. The summed E-state index contributed by atoms with van der Waals surface area (Å²) in [5, 5.41) is 12.4. The highest BCUT2D eigenvalue weighted by Crippen LogP contribution is 2.46. The van der Waals surface area contributed by atoms with Crippen LogP contribution < -0.4 is 22.5 Å². The number of aromatic amines is 1. The lowest BCUT2D eigenvalue weighted by molar-refractivity contribution is 0.146. The van der Waals surface area contributed by atoms with Crippen LogP contribution in [0.4, 0.5) is 0 Å². The van der Waals surface area contributed by atoms with Crippen molar-refractivity contribution in [3.05, 3.63) is 58.3 Å². The van der Waals surface area contributed by atoms with Crippen LogP contribution >= 0.6 is 11.8 Å². The van der Waals surface area contributed by atoms with Crippen LogP contribution in [-0.4, -0.2) is 55.0 Å². The summed E-state index contributed by atoms with van der Waals surface area (Å²) in [6.07, 6.45) is 15.0. The van der Waals surface area contributed by atoms with Crippen LogP contribution in [0.1, 0.15) is 101 Å². The maximum absolute atomic E-state index is 13.2. The zero-order valence-corrected chi connectivity index (χ0v) is 26.2. The number of fused-ring (bicyclic) bond motifs is 2. The zero-order valence-electron chi connectivity index (χ0n) is 25.4. The molecule has 2 aliphatic heterocycles. The number of hydrogen-bond donors (Lipinski definition) is 5. The Balaban J connectivity index is 1.18. The first-order valence-electron chi connectivity index (χ1n) is 16.3. The molecule has 0 amide bonds. The number of piperidine rings is 1. The number of rotatable bonds is 10. The van der Waals surface area contributed by atoms with E-state index in [0.717, 1.165) is 61.4 Å². The molecule has 6 atom stereocenters. The fraction of sp³-hybridized carbons (Fsp3) is 0.606. The molecule has 2 aromatic heterocycles. The minimum absolute atomic E-state index is 0.188. The number of nitrogens with two attached hydrogens (primary N) is 2. The van der Waals surface area contributed by atoms with Crippen molar-refractivity contribution in [2.75, 3.05) is 12.3 Å². The Labute approximate surface area is 259 Å². The largest absolute Gasteiger partial charge is 0.379 e. The van der Waals surface area contributed by atoms with Gasteiger partial charge in [-0.25, -0.2) is 4.79 Å². The lowest BCUT2D eigenvalue weighted by Crippen LogP contribution is -2.37. The molecule has 43 heavy (non-hydrogen) atoms. The van der Waals surface area contributed by atoms with Crippen LogP contribution in [0.2, 0.25) is 0 Å². The number of thioether (sulfide) groups is 1. The molecule has 1 saturated carbocycles. The van der Waals surface area contributed by atoms with Crippen molar-refractivity contribution in [1.29, 1.82) is 5.41 Å². The molecule has 2 saturated heterocycles. The number of nitrogens with one attached hydrogen (secondary N) is 3. The van der Waals surface area contributed by atoms with Gasteiger partial charge in [0.05, 0.1) is 11.7 Å². The van der Waals surface area contributed by atoms with E-state index in [0.29, 0.717) is 29.8 Å². The monoisotopic (exact) mass is 604 g/mol. The molecule has 1 aliphatic carbocycles. The van der Waals surface area contributed by atoms with Crippen molar-refractivity contribution < 1.29 is 0 Å². The summed E-state index contributed by atoms with van der Waals surface area (Å²) >= 11 is 1.41. The molecule has 0 bridgehead atoms. The minimum Gasteiger partial charge on any atom is -0.379 e. The average Bonchev–Trinajstić information content (AvgIpc) is 3.57. The van der Waals surface area contributed by atoms with Gasteiger partial charge >= 0.3 is 5.69 Å². The Hall–Kier alpha value is -2.66. The van der Waals surface area contributed by atoms with E-state index in [1.165, 1.54) is 61.5 Å². The van der Waals surface area contributed by atoms with Crippen LogP contribution in [0.3, 0.4) is 0 Å². The van der Waals surface area contributed by atoms with Crippen molar-refractivity contribution >= 4 is 28.0 Å². The molecule has 3 aromatic rings. The molecule has 4 heterocycles. The molecule has 6 rings (SSSR count). The van der Waals surface area contributed by atoms with Crippen molar-refractivity contribution in [2.45, 2.75) is 108 Å². The minimum atomic E-state index is -0.263. The molecule has 232 valence electrons. The standard InChI is InChI=1S/C33H48N8OS/c1-21(34)6-5-16-40-29-10-3-2-7-23(29)19-30(40)28-18-24-20-41(33(42)39-31(24)38-28)26-13-11-22(12-14-26)27-9-4-8-25(37-27)15-17-43-32(35)36/h11-14,18,20-21,23,25,27,29-30,37H,2-10,15-17,19,34H2,1H3,(H3,35,36)(H,38,39,42)/t21-,23-,25-,27-,29-,30?/m0/s1. The number of hydrogen-bond acceptors (Lipinski definition) is 7. The van der Waals surface area contributed by atoms with Gasteiger partial charge in [0.1, 0.15) is 5.65 Å². The Morgan fingerprint density at radius 3 is 2.77 bits per heavy atom. The molecule has 0 radical (unpaired) electrons. The zero-order chi connectivity index (χ0) is 29.9. The van der Waals surface area contributed by atoms with E-state index >= 15 is 0 Å². The summed E-state index contributed by atoms with van der Waals surface area (Å²) in [5.74, 6) is 1.62. The van der Waals surface area contributed by atoms with Crippen LogP contribution in [0.25, 0.3) is 16.7 Å². The summed E-state index contributed by atoms with van der Waals surface area (Å²) in [4.78, 5) is 24.0. The van der Waals surface area contributed by atoms with Crippen LogP contribution in [0.15, 0.2) is 41.3 Å². The molecule has 7 N–H and O–H groups in total. The lowest BCUT2D eigenvalue weighted by atomic mass is 9.84. The Bertz CT molecular complexity index is 1450. The van der Waals surface area contributed by atoms with Gasteiger partial charge in [-0.1, -0.05) is 43.2 Å². The molecule has 10 heteroatoms. The number of amidine groups is 1. The average molecular weight is 605 g/mol. The van der Waals surface area contributed by atoms with Crippen LogP contribution in [0.5, 0.6) is 0 Å². The summed E-state index contributed by atoms with van der Waals surface area (Å²) in [7, 11) is 0. The third kappa shape index (κ3) is 7.03. The summed E-state index contributed by atoms with van der Waals surface area (Å²) in [6, 6.07) is 12.5. The van der Waals surface area contributed by atoms with Gasteiger partial charge in [-0.15, -0.1) is 0 Å². The molecular weight excluding hydrogens is 556 g/mol. The molecule has 9 nitrogen and oxygen atoms in total. The number of likely N-dealkylation sites (tertiary alicyclic amines) is 1. The van der Waals surface area contributed by atoms with Gasteiger partial charge < -0.3 is 21.8 Å². The predicted molar refractivity (Wildman–Crippen MR) is 177 cm³/mol. The van der Waals surface area contributed by atoms with Crippen LogP contribution in [-0.2, 0) is 0 Å². The second-order valence-electron chi connectivity index (χ2n) is 13.1. The SMILES string of the molecule is C[C@H](N)CCCN1C(c2cc3cn(-c4ccc([C@@H]5CCC[C@@H](CCSC(=N)N)N5)cc4)c(=O)nc3[nH]2)C[C@@H]2CCCC[C@@H]21. The molecule has 1 aromatic carbocycles. The van der Waals surface area contributed by atoms with E-state index in [4.69, 9.17) is 16.9 Å². The van der Waals surface area contributed by atoms with Gasteiger partial charge in [0.2, 0.25) is 0 Å². The van der Waals surface area contributed by atoms with Gasteiger partial charge in [0.15, 0.2) is 5.17 Å². The highest BCUT2D eigenvalue weighted by Gasteiger charge is 2.42. The van der Waals surface area contributed by atoms with E-state index in [1.54, 1.807) is 4.57 Å². The van der Waals surface area contributed by atoms with Crippen molar-refractivity contribution in [3.63, 3.8) is 0 Å². The van der Waals surface area contributed by atoms with E-state index in [-0.39, 0.29) is 16.9 Å². The lowest BCUT2D eigenvalue weighted by Gasteiger charge is -2.34. The molecule has 3 fully saturated rings. The second kappa shape index (κ2) is 13.5. The fourth-order valence-corrected chi connectivity index (χ4v) is 8.47. The first-order valence-corrected chi connectivity index (χ1v) is 17.3. The highest BCUT2D eigenvalue weighted by molar-refractivity contribution is 8.13. The summed E-state index contributed by atoms with van der Waals surface area (Å²) in [5.41, 5.74) is 15.3. The first-order chi connectivity index (χ1) is 20.9. The number of nitrogens with zero attached hydrogens (tertiary/aromatic N) is 3. The van der Waals surface area contributed by atoms with E-state index in [2.05, 4.69) is 45.3 Å². The van der Waals surface area contributed by atoms with Gasteiger partial charge in [-0.05, 0) is 94.5 Å². The van der Waals surface area contributed by atoms with Gasteiger partial charge in [0, 0.05) is 47.2 Å². The highest BCUT2D eigenvalue weighted by atomic mass is 32.2. The van der Waals surface area contributed by atoms with Crippen molar-refractivity contribution in [2.24, 2.45) is 17.4 Å². The Morgan fingerprint density at radius 1 is 1.16 bits per heavy atom. The van der Waals surface area contributed by atoms with Crippen molar-refractivity contribution in [1.82, 2.24) is 24.8 Å². The Morgan fingerprint density at radius 2 is 1.98 bits per heavy atom. The fourth-order valence-electron chi connectivity index (χ4n) is 7.84. The van der Waals surface area contributed by atoms with Gasteiger partial charge in [-0.3, -0.25) is 14.9 Å². The summed E-state index contributed by atoms with van der Waals surface area (Å²) < 4.78 is 1.68. The first kappa shape index (κ1) is 30.4. The number of aromatic nitrogens is 3. The topological polar surface area (TPSA) is 142 Å². The van der Waals surface area contributed by atoms with Crippen molar-refractivity contribution in [3.8, 4) is 5.69 Å². The second-order valence-corrected chi connectivity index (χ2v) is 14.2. The number of H-pyrrole nitrogens is 1. The molecule has 1 unspecified atom stereocenters. The Kier molecular flexibility index (Phi) is 9.57. The van der Waals surface area contributed by atoms with Crippen LogP contribution in [0, 0.1) is 11.3 Å². The summed E-state index contributed by atoms with van der Waals surface area (Å²) in [6.45, 7) is 3.17. The molecule has 3 aliphatic rings. The molecular formula is C33H48N8OS.